The lowest BCUT2D eigenvalue weighted by Crippen LogP contribution is -2.50. The lowest BCUT2D eigenvalue weighted by atomic mass is 9.86. The highest BCUT2D eigenvalue weighted by atomic mass is 35.5. The molecule has 0 bridgehead atoms. The van der Waals surface area contributed by atoms with Crippen LogP contribution in [0.5, 0.6) is 0 Å². The number of piperidine rings is 1. The van der Waals surface area contributed by atoms with Gasteiger partial charge in [-0.1, -0.05) is 11.6 Å². The lowest BCUT2D eigenvalue weighted by Gasteiger charge is -2.42. The zero-order valence-electron chi connectivity index (χ0n) is 16.4. The second kappa shape index (κ2) is 6.87. The van der Waals surface area contributed by atoms with Gasteiger partial charge in [-0.3, -0.25) is 9.58 Å². The van der Waals surface area contributed by atoms with Gasteiger partial charge < -0.3 is 4.74 Å². The maximum absolute atomic E-state index is 6.70. The van der Waals surface area contributed by atoms with Crippen LogP contribution in [-0.4, -0.2) is 56.3 Å². The Morgan fingerprint density at radius 2 is 2.00 bits per heavy atom. The predicted molar refractivity (Wildman–Crippen MR) is 110 cm³/mol. The van der Waals surface area contributed by atoms with E-state index in [0.717, 1.165) is 67.2 Å². The van der Waals surface area contributed by atoms with Crippen LogP contribution in [0.2, 0.25) is 5.02 Å². The summed E-state index contributed by atoms with van der Waals surface area (Å²) in [4.78, 5) is 2.61. The van der Waals surface area contributed by atoms with Gasteiger partial charge in [-0.05, 0) is 62.9 Å². The van der Waals surface area contributed by atoms with Gasteiger partial charge in [0.15, 0.2) is 0 Å². The molecule has 0 aliphatic carbocycles. The fraction of sp³-hybridized carbons (Fsp3) is 0.524. The summed E-state index contributed by atoms with van der Waals surface area (Å²) >= 11 is 6.70. The number of rotatable bonds is 3. The summed E-state index contributed by atoms with van der Waals surface area (Å²) in [7, 11) is 1.92. The van der Waals surface area contributed by atoms with Gasteiger partial charge in [0.1, 0.15) is 5.69 Å². The maximum atomic E-state index is 6.70. The molecule has 2 saturated heterocycles. The fourth-order valence-electron chi connectivity index (χ4n) is 4.73. The van der Waals surface area contributed by atoms with Crippen molar-refractivity contribution in [1.82, 2.24) is 24.5 Å². The highest BCUT2D eigenvalue weighted by Gasteiger charge is 2.38. The third-order valence-corrected chi connectivity index (χ3v) is 6.85. The average Bonchev–Trinajstić information content (AvgIpc) is 3.41. The van der Waals surface area contributed by atoms with Crippen molar-refractivity contribution < 1.29 is 4.74 Å². The maximum Gasteiger partial charge on any atom is 0.103 e. The van der Waals surface area contributed by atoms with Crippen molar-refractivity contribution in [2.24, 2.45) is 7.05 Å². The average molecular weight is 400 g/mol. The van der Waals surface area contributed by atoms with E-state index < -0.39 is 0 Å². The largest absolute Gasteiger partial charge is 0.379 e. The van der Waals surface area contributed by atoms with Crippen LogP contribution in [0, 0.1) is 0 Å². The van der Waals surface area contributed by atoms with Crippen LogP contribution < -0.4 is 0 Å². The van der Waals surface area contributed by atoms with E-state index in [1.807, 2.05) is 30.3 Å². The standard InChI is InChI=1S/C21H26ClN5O/c1-21(5-8-28-14-21)26-6-3-15(4-7-26)18-10-20-16(9-19(18)22)11-24-27(20)17-12-23-25(2)13-17/h9-13,15H,3-8,14H2,1-2H3/t21-/m1/s1. The number of hydrogen-bond acceptors (Lipinski definition) is 4. The second-order valence-corrected chi connectivity index (χ2v) is 8.83. The summed E-state index contributed by atoms with van der Waals surface area (Å²) in [6.45, 7) is 6.28. The number of nitrogens with zero attached hydrogens (tertiary/aromatic N) is 5. The Bertz CT molecular complexity index is 996. The molecule has 0 unspecified atom stereocenters. The van der Waals surface area contributed by atoms with Crippen LogP contribution in [0.3, 0.4) is 0 Å². The Morgan fingerprint density at radius 3 is 2.68 bits per heavy atom. The molecule has 5 rings (SSSR count). The summed E-state index contributed by atoms with van der Waals surface area (Å²) in [5.74, 6) is 0.483. The number of fused-ring (bicyclic) bond motifs is 1. The Balaban J connectivity index is 1.42. The van der Waals surface area contributed by atoms with E-state index in [1.54, 1.807) is 4.68 Å². The Morgan fingerprint density at radius 1 is 1.18 bits per heavy atom. The molecule has 0 radical (unpaired) electrons. The quantitative estimate of drug-likeness (QED) is 0.672. The van der Waals surface area contributed by atoms with E-state index in [2.05, 4.69) is 34.2 Å². The highest BCUT2D eigenvalue weighted by molar-refractivity contribution is 6.32. The van der Waals surface area contributed by atoms with Gasteiger partial charge in [0.25, 0.3) is 0 Å². The Labute approximate surface area is 170 Å². The second-order valence-electron chi connectivity index (χ2n) is 8.42. The molecule has 3 aromatic rings. The first-order valence-electron chi connectivity index (χ1n) is 10.0. The molecular formula is C21H26ClN5O. The fourth-order valence-corrected chi connectivity index (χ4v) is 5.06. The van der Waals surface area contributed by atoms with Crippen LogP contribution in [0.25, 0.3) is 16.6 Å². The van der Waals surface area contributed by atoms with E-state index >= 15 is 0 Å². The van der Waals surface area contributed by atoms with Crippen molar-refractivity contribution in [3.63, 3.8) is 0 Å². The Kier molecular flexibility index (Phi) is 4.45. The number of aryl methyl sites for hydroxylation is 1. The molecule has 6 nitrogen and oxygen atoms in total. The van der Waals surface area contributed by atoms with Gasteiger partial charge in [-0.15, -0.1) is 0 Å². The molecule has 2 fully saturated rings. The third-order valence-electron chi connectivity index (χ3n) is 6.52. The van der Waals surface area contributed by atoms with E-state index in [0.29, 0.717) is 5.92 Å². The van der Waals surface area contributed by atoms with Crippen LogP contribution >= 0.6 is 11.6 Å². The van der Waals surface area contributed by atoms with E-state index in [1.165, 1.54) is 5.56 Å². The summed E-state index contributed by atoms with van der Waals surface area (Å²) in [5, 5.41) is 10.8. The van der Waals surface area contributed by atoms with Crippen molar-refractivity contribution in [2.45, 2.75) is 37.6 Å². The molecule has 0 N–H and O–H groups in total. The molecule has 2 aliphatic rings. The van der Waals surface area contributed by atoms with Gasteiger partial charge in [0, 0.05) is 29.6 Å². The molecule has 28 heavy (non-hydrogen) atoms. The molecule has 2 aromatic heterocycles. The van der Waals surface area contributed by atoms with E-state index in [9.17, 15) is 0 Å². The molecule has 0 spiro atoms. The SMILES string of the molecule is Cn1cc(-n2ncc3cc(Cl)c(C4CCN([C@]5(C)CCOC5)CC4)cc32)cn1. The van der Waals surface area contributed by atoms with E-state index in [-0.39, 0.29) is 5.54 Å². The zero-order valence-corrected chi connectivity index (χ0v) is 17.2. The molecule has 0 saturated carbocycles. The predicted octanol–water partition coefficient (Wildman–Crippen LogP) is 3.77. The molecular weight excluding hydrogens is 374 g/mol. The number of likely N-dealkylation sites (tertiary alicyclic amines) is 1. The molecule has 0 amide bonds. The monoisotopic (exact) mass is 399 g/mol. The zero-order chi connectivity index (χ0) is 19.3. The van der Waals surface area contributed by atoms with E-state index in [4.69, 9.17) is 16.3 Å². The van der Waals surface area contributed by atoms with Gasteiger partial charge in [0.2, 0.25) is 0 Å². The van der Waals surface area contributed by atoms with Gasteiger partial charge in [-0.2, -0.15) is 10.2 Å². The number of ether oxygens (including phenoxy) is 1. The Hall–Kier alpha value is -1.89. The van der Waals surface area contributed by atoms with Crippen molar-refractivity contribution in [1.29, 1.82) is 0 Å². The first kappa shape index (κ1) is 18.2. The van der Waals surface area contributed by atoms with Crippen molar-refractivity contribution in [2.75, 3.05) is 26.3 Å². The van der Waals surface area contributed by atoms with Crippen LogP contribution in [-0.2, 0) is 11.8 Å². The summed E-state index contributed by atoms with van der Waals surface area (Å²) in [6.07, 6.45) is 9.08. The number of benzene rings is 1. The van der Waals surface area contributed by atoms with Gasteiger partial charge >= 0.3 is 0 Å². The van der Waals surface area contributed by atoms with Crippen molar-refractivity contribution in [3.05, 3.63) is 41.3 Å². The minimum absolute atomic E-state index is 0.206. The molecule has 7 heteroatoms. The molecule has 148 valence electrons. The smallest absolute Gasteiger partial charge is 0.103 e. The topological polar surface area (TPSA) is 48.1 Å². The van der Waals surface area contributed by atoms with Gasteiger partial charge in [0.05, 0.1) is 30.7 Å². The van der Waals surface area contributed by atoms with Gasteiger partial charge in [-0.25, -0.2) is 4.68 Å². The minimum Gasteiger partial charge on any atom is -0.379 e. The van der Waals surface area contributed by atoms with Crippen LogP contribution in [0.1, 0.15) is 37.7 Å². The molecule has 1 atom stereocenters. The summed E-state index contributed by atoms with van der Waals surface area (Å²) in [6, 6.07) is 4.29. The number of hydrogen-bond donors (Lipinski definition) is 0. The lowest BCUT2D eigenvalue weighted by molar-refractivity contribution is 0.0582. The van der Waals surface area contributed by atoms with Crippen molar-refractivity contribution >= 4 is 22.5 Å². The van der Waals surface area contributed by atoms with Crippen LogP contribution in [0.15, 0.2) is 30.7 Å². The first-order chi connectivity index (χ1) is 13.5. The van der Waals surface area contributed by atoms with Crippen molar-refractivity contribution in [3.8, 4) is 5.69 Å². The number of halogens is 1. The summed E-state index contributed by atoms with van der Waals surface area (Å²) in [5.41, 5.74) is 3.51. The molecule has 1 aromatic carbocycles. The molecule has 2 aliphatic heterocycles. The van der Waals surface area contributed by atoms with Crippen LogP contribution in [0.4, 0.5) is 0 Å². The molecule has 4 heterocycles. The first-order valence-corrected chi connectivity index (χ1v) is 10.4. The highest BCUT2D eigenvalue weighted by Crippen LogP contribution is 2.38. The number of aromatic nitrogens is 4. The summed E-state index contributed by atoms with van der Waals surface area (Å²) < 4.78 is 9.41. The third kappa shape index (κ3) is 3.04. The minimum atomic E-state index is 0.206. The normalized spacial score (nSPS) is 24.4.